The molecule has 0 atom stereocenters. The summed E-state index contributed by atoms with van der Waals surface area (Å²) in [6.07, 6.45) is -0.366. The summed E-state index contributed by atoms with van der Waals surface area (Å²) in [6.45, 7) is 7.18. The zero-order valence-corrected chi connectivity index (χ0v) is 27.0. The Kier molecular flexibility index (Phi) is 20.1. The molecule has 0 saturated heterocycles. The lowest BCUT2D eigenvalue weighted by Gasteiger charge is -2.19. The van der Waals surface area contributed by atoms with Crippen LogP contribution in [0.4, 0.5) is 9.18 Å². The van der Waals surface area contributed by atoms with Crippen molar-refractivity contribution in [2.24, 2.45) is 0 Å². The van der Waals surface area contributed by atoms with Crippen LogP contribution in [0.5, 0.6) is 0 Å². The van der Waals surface area contributed by atoms with E-state index < -0.39 is 6.67 Å². The molecular weight excluding hydrogens is 601 g/mol. The van der Waals surface area contributed by atoms with E-state index in [4.69, 9.17) is 42.6 Å². The molecule has 11 nitrogen and oxygen atoms in total. The van der Waals surface area contributed by atoms with Gasteiger partial charge in [-0.1, -0.05) is 48.5 Å². The molecule has 0 unspecified atom stereocenters. The molecule has 0 bridgehead atoms. The summed E-state index contributed by atoms with van der Waals surface area (Å²) in [5.41, 5.74) is 4.79. The maximum absolute atomic E-state index is 12.6. The number of halogens is 1. The Morgan fingerprint density at radius 1 is 0.565 bits per heavy atom. The van der Waals surface area contributed by atoms with Crippen molar-refractivity contribution in [1.82, 2.24) is 4.90 Å². The summed E-state index contributed by atoms with van der Waals surface area (Å²) in [4.78, 5) is 14.1. The largest absolute Gasteiger partial charge is 0.448 e. The predicted molar refractivity (Wildman–Crippen MR) is 170 cm³/mol. The second-order valence-electron chi connectivity index (χ2n) is 10.3. The molecule has 2 aromatic carbocycles. The molecule has 0 radical (unpaired) electrons. The molecule has 2 aromatic rings. The number of fused-ring (bicyclic) bond motifs is 3. The van der Waals surface area contributed by atoms with Crippen LogP contribution in [0.15, 0.2) is 48.5 Å². The van der Waals surface area contributed by atoms with E-state index in [9.17, 15) is 9.18 Å². The van der Waals surface area contributed by atoms with Crippen LogP contribution in [-0.4, -0.2) is 144 Å². The maximum Gasteiger partial charge on any atom is 0.409 e. The monoisotopic (exact) mass is 651 g/mol. The van der Waals surface area contributed by atoms with E-state index in [1.165, 1.54) is 27.2 Å². The number of nitrogens with zero attached hydrogens (tertiary/aromatic N) is 1. The van der Waals surface area contributed by atoms with Gasteiger partial charge in [0.05, 0.1) is 106 Å². The van der Waals surface area contributed by atoms with Crippen LogP contribution in [0.2, 0.25) is 0 Å². The van der Waals surface area contributed by atoms with Gasteiger partial charge in [-0.2, -0.15) is 0 Å². The van der Waals surface area contributed by atoms with Crippen molar-refractivity contribution in [1.29, 1.82) is 0 Å². The molecule has 258 valence electrons. The lowest BCUT2D eigenvalue weighted by Crippen LogP contribution is -2.32. The van der Waals surface area contributed by atoms with Crippen LogP contribution in [-0.2, 0) is 42.6 Å². The smallest absolute Gasteiger partial charge is 0.409 e. The highest BCUT2D eigenvalue weighted by Crippen LogP contribution is 2.44. The van der Waals surface area contributed by atoms with Crippen molar-refractivity contribution in [2.45, 2.75) is 5.92 Å². The van der Waals surface area contributed by atoms with Crippen LogP contribution in [0.1, 0.15) is 17.0 Å². The van der Waals surface area contributed by atoms with Crippen molar-refractivity contribution in [3.05, 3.63) is 59.7 Å². The van der Waals surface area contributed by atoms with Crippen LogP contribution in [0.3, 0.4) is 0 Å². The van der Waals surface area contributed by atoms with Gasteiger partial charge in [0.2, 0.25) is 0 Å². The van der Waals surface area contributed by atoms with Gasteiger partial charge in [0.1, 0.15) is 13.3 Å². The SMILES string of the molecule is CN(CCOCCOCCOCCOCCOCCOCCOCCOCCF)C(=O)OCC1c2ccccc2-c2ccccc21. The zero-order valence-electron chi connectivity index (χ0n) is 27.0. The van der Waals surface area contributed by atoms with Crippen LogP contribution in [0.25, 0.3) is 11.1 Å². The molecule has 12 heteroatoms. The van der Waals surface area contributed by atoms with Crippen molar-refractivity contribution < 1.29 is 51.8 Å². The minimum atomic E-state index is -0.479. The fourth-order valence-corrected chi connectivity index (χ4v) is 4.69. The average Bonchev–Trinajstić information content (AvgIpc) is 3.40. The van der Waals surface area contributed by atoms with Gasteiger partial charge < -0.3 is 47.5 Å². The van der Waals surface area contributed by atoms with Crippen LogP contribution >= 0.6 is 0 Å². The van der Waals surface area contributed by atoms with Gasteiger partial charge in [-0.25, -0.2) is 9.18 Å². The second kappa shape index (κ2) is 24.5. The predicted octanol–water partition coefficient (Wildman–Crippen LogP) is 3.97. The minimum Gasteiger partial charge on any atom is -0.448 e. The van der Waals surface area contributed by atoms with E-state index >= 15 is 0 Å². The number of carbonyl (C=O) groups is 1. The number of hydrogen-bond acceptors (Lipinski definition) is 10. The molecule has 0 aromatic heterocycles. The number of carbonyl (C=O) groups excluding carboxylic acids is 1. The number of rotatable bonds is 28. The van der Waals surface area contributed by atoms with Crippen LogP contribution in [0, 0.1) is 0 Å². The molecule has 0 spiro atoms. The first-order chi connectivity index (χ1) is 22.7. The highest BCUT2D eigenvalue weighted by atomic mass is 19.1. The molecule has 1 aliphatic carbocycles. The first-order valence-electron chi connectivity index (χ1n) is 16.0. The molecule has 1 amide bonds. The summed E-state index contributed by atoms with van der Waals surface area (Å²) < 4.78 is 60.7. The van der Waals surface area contributed by atoms with Crippen LogP contribution < -0.4 is 0 Å². The Labute approximate surface area is 272 Å². The molecule has 0 heterocycles. The quantitative estimate of drug-likeness (QED) is 0.126. The molecule has 0 N–H and O–H groups in total. The number of likely N-dealkylation sites (N-methyl/N-ethyl adjacent to an activating group) is 1. The van der Waals surface area contributed by atoms with E-state index in [1.807, 2.05) is 24.3 Å². The third-order valence-electron chi connectivity index (χ3n) is 7.04. The molecule has 1 aliphatic rings. The second-order valence-corrected chi connectivity index (χ2v) is 10.3. The van der Waals surface area contributed by atoms with E-state index in [0.29, 0.717) is 112 Å². The topological polar surface area (TPSA) is 103 Å². The Morgan fingerprint density at radius 3 is 1.30 bits per heavy atom. The van der Waals surface area contributed by atoms with E-state index in [2.05, 4.69) is 24.3 Å². The van der Waals surface area contributed by atoms with Gasteiger partial charge >= 0.3 is 6.09 Å². The van der Waals surface area contributed by atoms with Crippen molar-refractivity contribution >= 4 is 6.09 Å². The zero-order chi connectivity index (χ0) is 32.5. The minimum absolute atomic E-state index is 0.0389. The number of ether oxygens (including phenoxy) is 9. The molecule has 0 saturated carbocycles. The van der Waals surface area contributed by atoms with E-state index in [-0.39, 0.29) is 18.6 Å². The van der Waals surface area contributed by atoms with Gasteiger partial charge in [-0.3, -0.25) is 0 Å². The first-order valence-corrected chi connectivity index (χ1v) is 16.0. The summed E-state index contributed by atoms with van der Waals surface area (Å²) in [7, 11) is 1.71. The van der Waals surface area contributed by atoms with Gasteiger partial charge in [0, 0.05) is 19.5 Å². The molecular formula is C34H50FNO10. The van der Waals surface area contributed by atoms with Gasteiger partial charge in [-0.15, -0.1) is 0 Å². The fraction of sp³-hybridized carbons (Fsp3) is 0.618. The highest BCUT2D eigenvalue weighted by molar-refractivity contribution is 5.79. The lowest BCUT2D eigenvalue weighted by molar-refractivity contribution is -0.0235. The Bertz CT molecular complexity index is 1030. The third kappa shape index (κ3) is 14.8. The third-order valence-corrected chi connectivity index (χ3v) is 7.04. The van der Waals surface area contributed by atoms with Crippen molar-refractivity contribution in [3.8, 4) is 11.1 Å². The lowest BCUT2D eigenvalue weighted by atomic mass is 9.98. The average molecular weight is 652 g/mol. The number of amides is 1. The summed E-state index contributed by atoms with van der Waals surface area (Å²) in [5, 5.41) is 0. The first kappa shape index (κ1) is 37.8. The van der Waals surface area contributed by atoms with E-state index in [0.717, 1.165) is 0 Å². The van der Waals surface area contributed by atoms with Crippen molar-refractivity contribution in [3.63, 3.8) is 0 Å². The Hall–Kier alpha value is -2.68. The Morgan fingerprint density at radius 2 is 0.913 bits per heavy atom. The summed E-state index contributed by atoms with van der Waals surface area (Å²) in [5.74, 6) is 0.0389. The number of hydrogen-bond donors (Lipinski definition) is 0. The molecule has 0 aliphatic heterocycles. The Balaban J connectivity index is 1.04. The molecule has 0 fully saturated rings. The molecule has 46 heavy (non-hydrogen) atoms. The summed E-state index contributed by atoms with van der Waals surface area (Å²) >= 11 is 0. The fourth-order valence-electron chi connectivity index (χ4n) is 4.69. The highest BCUT2D eigenvalue weighted by Gasteiger charge is 2.29. The van der Waals surface area contributed by atoms with Gasteiger partial charge in [0.25, 0.3) is 0 Å². The standard InChI is InChI=1S/C34H50FNO10/c1-36(34(37)46-28-33-31-8-4-2-6-29(31)30-7-3-5-9-32(30)33)11-13-39-15-17-41-19-21-43-23-25-45-27-26-44-24-22-42-20-18-40-16-14-38-12-10-35/h2-9,33H,10-28H2,1H3. The number of alkyl halides is 1. The normalized spacial score (nSPS) is 12.3. The summed E-state index contributed by atoms with van der Waals surface area (Å²) in [6, 6.07) is 16.6. The van der Waals surface area contributed by atoms with Crippen molar-refractivity contribution in [2.75, 3.05) is 133 Å². The molecule has 3 rings (SSSR count). The van der Waals surface area contributed by atoms with Gasteiger partial charge in [0.15, 0.2) is 0 Å². The number of benzene rings is 2. The van der Waals surface area contributed by atoms with Gasteiger partial charge in [-0.05, 0) is 22.3 Å². The maximum atomic E-state index is 12.6. The van der Waals surface area contributed by atoms with E-state index in [1.54, 1.807) is 7.05 Å².